The van der Waals surface area contributed by atoms with Gasteiger partial charge in [0.05, 0.1) is 16.9 Å². The summed E-state index contributed by atoms with van der Waals surface area (Å²) in [5.41, 5.74) is 2.45. The number of hydrogen-bond acceptors (Lipinski definition) is 5. The molecule has 0 spiro atoms. The fourth-order valence-electron chi connectivity index (χ4n) is 3.42. The van der Waals surface area contributed by atoms with Crippen LogP contribution in [0.15, 0.2) is 94.7 Å². The summed E-state index contributed by atoms with van der Waals surface area (Å²) < 4.78 is 5.32. The van der Waals surface area contributed by atoms with Crippen molar-refractivity contribution >= 4 is 45.9 Å². The number of para-hydroxylation sites is 3. The number of nitrogens with zero attached hydrogens (tertiary/aromatic N) is 2. The molecule has 2 heterocycles. The lowest BCUT2D eigenvalue weighted by molar-refractivity contribution is -0.121. The molecule has 1 aliphatic rings. The first-order chi connectivity index (χ1) is 14.7. The first-order valence-electron chi connectivity index (χ1n) is 9.42. The van der Waals surface area contributed by atoms with Crippen molar-refractivity contribution in [2.75, 3.05) is 11.5 Å². The van der Waals surface area contributed by atoms with Crippen LogP contribution in [0.4, 0.5) is 11.4 Å². The number of pyridine rings is 1. The van der Waals surface area contributed by atoms with Crippen LogP contribution in [0.3, 0.4) is 0 Å². The highest BCUT2D eigenvalue weighted by Gasteiger charge is 2.28. The fraction of sp³-hybridized carbons (Fsp3) is 0.0417. The second-order valence-electron chi connectivity index (χ2n) is 6.73. The Labute approximate surface area is 177 Å². The van der Waals surface area contributed by atoms with E-state index in [2.05, 4.69) is 4.98 Å². The number of carbonyl (C=O) groups excluding carboxylic acids is 2. The van der Waals surface area contributed by atoms with Crippen molar-refractivity contribution in [3.05, 3.63) is 90.6 Å². The number of benzene rings is 3. The number of esters is 1. The third-order valence-corrected chi connectivity index (χ3v) is 5.95. The standard InChI is InChI=1S/C24H16N2O3S/c27-23(15-29-24(28)18-14-13-16-7-1-2-8-17(16)25-18)26-19-9-3-5-11-21(19)30-22-12-6-4-10-20(22)26/h1-14H,15H2. The monoisotopic (exact) mass is 412 g/mol. The third kappa shape index (κ3) is 3.31. The molecule has 0 bridgehead atoms. The Hall–Kier alpha value is -3.64. The van der Waals surface area contributed by atoms with Gasteiger partial charge in [-0.3, -0.25) is 9.69 Å². The molecular weight excluding hydrogens is 396 g/mol. The molecule has 0 atom stereocenters. The third-order valence-electron chi connectivity index (χ3n) is 4.82. The smallest absolute Gasteiger partial charge is 0.357 e. The number of amides is 1. The minimum atomic E-state index is -0.623. The maximum absolute atomic E-state index is 13.1. The molecule has 4 aromatic rings. The van der Waals surface area contributed by atoms with Gasteiger partial charge in [-0.1, -0.05) is 60.3 Å². The van der Waals surface area contributed by atoms with E-state index in [1.807, 2.05) is 78.9 Å². The molecule has 30 heavy (non-hydrogen) atoms. The Kier molecular flexibility index (Phi) is 4.69. The van der Waals surface area contributed by atoms with Crippen molar-refractivity contribution in [2.24, 2.45) is 0 Å². The van der Waals surface area contributed by atoms with Gasteiger partial charge in [0, 0.05) is 15.2 Å². The molecule has 0 aliphatic carbocycles. The molecule has 0 saturated heterocycles. The van der Waals surface area contributed by atoms with Gasteiger partial charge < -0.3 is 4.74 Å². The topological polar surface area (TPSA) is 59.5 Å². The maximum atomic E-state index is 13.1. The molecule has 5 rings (SSSR count). The molecule has 0 saturated carbocycles. The van der Waals surface area contributed by atoms with Gasteiger partial charge in [-0.2, -0.15) is 0 Å². The van der Waals surface area contributed by atoms with Crippen LogP contribution >= 0.6 is 11.8 Å². The quantitative estimate of drug-likeness (QED) is 0.432. The van der Waals surface area contributed by atoms with Crippen LogP contribution in [0.2, 0.25) is 0 Å². The van der Waals surface area contributed by atoms with Crippen molar-refractivity contribution in [3.8, 4) is 0 Å². The largest absolute Gasteiger partial charge is 0.451 e. The molecule has 1 aliphatic heterocycles. The summed E-state index contributed by atoms with van der Waals surface area (Å²) >= 11 is 1.61. The summed E-state index contributed by atoms with van der Waals surface area (Å²) in [5, 5.41) is 0.934. The molecular formula is C24H16N2O3S. The Morgan fingerprint density at radius 1 is 0.800 bits per heavy atom. The predicted octanol–water partition coefficient (Wildman–Crippen LogP) is 5.22. The number of rotatable bonds is 3. The van der Waals surface area contributed by atoms with Gasteiger partial charge >= 0.3 is 5.97 Å². The van der Waals surface area contributed by atoms with Crippen molar-refractivity contribution in [1.29, 1.82) is 0 Å². The zero-order valence-electron chi connectivity index (χ0n) is 15.8. The summed E-state index contributed by atoms with van der Waals surface area (Å²) in [6, 6.07) is 26.3. The normalized spacial score (nSPS) is 12.2. The molecule has 6 heteroatoms. The summed E-state index contributed by atoms with van der Waals surface area (Å²) in [7, 11) is 0. The highest BCUT2D eigenvalue weighted by atomic mass is 32.2. The summed E-state index contributed by atoms with van der Waals surface area (Å²) in [6.07, 6.45) is 0. The summed E-state index contributed by atoms with van der Waals surface area (Å²) in [4.78, 5) is 33.5. The lowest BCUT2D eigenvalue weighted by Crippen LogP contribution is -2.32. The number of aromatic nitrogens is 1. The number of ether oxygens (including phenoxy) is 1. The predicted molar refractivity (Wildman–Crippen MR) is 116 cm³/mol. The van der Waals surface area contributed by atoms with E-state index < -0.39 is 5.97 Å². The van der Waals surface area contributed by atoms with E-state index >= 15 is 0 Å². The van der Waals surface area contributed by atoms with Gasteiger partial charge in [-0.15, -0.1) is 0 Å². The van der Waals surface area contributed by atoms with E-state index in [4.69, 9.17) is 4.74 Å². The van der Waals surface area contributed by atoms with E-state index in [0.717, 1.165) is 26.6 Å². The van der Waals surface area contributed by atoms with Crippen LogP contribution in [-0.2, 0) is 9.53 Å². The molecule has 0 fully saturated rings. The molecule has 0 unspecified atom stereocenters. The summed E-state index contributed by atoms with van der Waals surface area (Å²) in [6.45, 7) is -0.374. The van der Waals surface area contributed by atoms with E-state index in [1.54, 1.807) is 22.7 Å². The van der Waals surface area contributed by atoms with Gasteiger partial charge in [0.15, 0.2) is 6.61 Å². The second kappa shape index (κ2) is 7.65. The second-order valence-corrected chi connectivity index (χ2v) is 7.82. The lowest BCUT2D eigenvalue weighted by Gasteiger charge is -2.30. The highest BCUT2D eigenvalue weighted by molar-refractivity contribution is 7.99. The highest BCUT2D eigenvalue weighted by Crippen LogP contribution is 2.47. The van der Waals surface area contributed by atoms with Gasteiger partial charge in [0.1, 0.15) is 5.69 Å². The Morgan fingerprint density at radius 3 is 2.17 bits per heavy atom. The van der Waals surface area contributed by atoms with Crippen LogP contribution in [0, 0.1) is 0 Å². The molecule has 3 aromatic carbocycles. The van der Waals surface area contributed by atoms with Crippen LogP contribution in [0.25, 0.3) is 10.9 Å². The van der Waals surface area contributed by atoms with Gasteiger partial charge in [0.25, 0.3) is 5.91 Å². The number of fused-ring (bicyclic) bond motifs is 3. The van der Waals surface area contributed by atoms with Gasteiger partial charge in [0.2, 0.25) is 0 Å². The summed E-state index contributed by atoms with van der Waals surface area (Å²) in [5.74, 6) is -0.939. The van der Waals surface area contributed by atoms with Crippen molar-refractivity contribution in [1.82, 2.24) is 4.98 Å². The minimum Gasteiger partial charge on any atom is -0.451 e. The number of anilines is 2. The fourth-order valence-corrected chi connectivity index (χ4v) is 4.48. The maximum Gasteiger partial charge on any atom is 0.357 e. The first kappa shape index (κ1) is 18.4. The molecule has 0 N–H and O–H groups in total. The molecule has 1 amide bonds. The van der Waals surface area contributed by atoms with E-state index in [1.165, 1.54) is 0 Å². The molecule has 0 radical (unpaired) electrons. The first-order valence-corrected chi connectivity index (χ1v) is 10.2. The average molecular weight is 412 g/mol. The molecule has 5 nitrogen and oxygen atoms in total. The Morgan fingerprint density at radius 2 is 1.43 bits per heavy atom. The zero-order chi connectivity index (χ0) is 20.5. The average Bonchev–Trinajstić information content (AvgIpc) is 2.80. The Balaban J connectivity index is 1.38. The van der Waals surface area contributed by atoms with E-state index in [0.29, 0.717) is 5.52 Å². The van der Waals surface area contributed by atoms with Crippen LogP contribution in [0.5, 0.6) is 0 Å². The molecule has 1 aromatic heterocycles. The van der Waals surface area contributed by atoms with Crippen LogP contribution < -0.4 is 4.90 Å². The van der Waals surface area contributed by atoms with Gasteiger partial charge in [-0.25, -0.2) is 9.78 Å². The lowest BCUT2D eigenvalue weighted by atomic mass is 10.2. The van der Waals surface area contributed by atoms with E-state index in [9.17, 15) is 9.59 Å². The molecule has 146 valence electrons. The SMILES string of the molecule is O=C(OCC(=O)N1c2ccccc2Sc2ccccc21)c1ccc2ccccc2n1. The van der Waals surface area contributed by atoms with E-state index in [-0.39, 0.29) is 18.2 Å². The number of carbonyl (C=O) groups is 2. The van der Waals surface area contributed by atoms with Crippen LogP contribution in [-0.4, -0.2) is 23.5 Å². The van der Waals surface area contributed by atoms with Crippen molar-refractivity contribution < 1.29 is 14.3 Å². The van der Waals surface area contributed by atoms with Gasteiger partial charge in [-0.05, 0) is 36.4 Å². The minimum absolute atomic E-state index is 0.177. The van der Waals surface area contributed by atoms with Crippen molar-refractivity contribution in [2.45, 2.75) is 9.79 Å². The number of hydrogen-bond donors (Lipinski definition) is 0. The van der Waals surface area contributed by atoms with Crippen molar-refractivity contribution in [3.63, 3.8) is 0 Å². The Bertz CT molecular complexity index is 1240. The zero-order valence-corrected chi connectivity index (χ0v) is 16.6. The van der Waals surface area contributed by atoms with Crippen LogP contribution in [0.1, 0.15) is 10.5 Å².